The molecule has 144 valence electrons. The molecule has 1 fully saturated rings. The number of hydrogen-bond acceptors (Lipinski definition) is 5. The van der Waals surface area contributed by atoms with Gasteiger partial charge in [-0.3, -0.25) is 4.79 Å². The van der Waals surface area contributed by atoms with Crippen LogP contribution in [0.4, 0.5) is 4.79 Å². The summed E-state index contributed by atoms with van der Waals surface area (Å²) in [7, 11) is -3.56. The first-order chi connectivity index (χ1) is 12.4. The second-order valence-electron chi connectivity index (χ2n) is 5.89. The fourth-order valence-corrected chi connectivity index (χ4v) is 4.69. The molecule has 0 spiro atoms. The van der Waals surface area contributed by atoms with Crippen molar-refractivity contribution in [2.75, 3.05) is 38.2 Å². The van der Waals surface area contributed by atoms with Crippen LogP contribution in [0.2, 0.25) is 0 Å². The summed E-state index contributed by atoms with van der Waals surface area (Å²) < 4.78 is 26.6. The van der Waals surface area contributed by atoms with Crippen LogP contribution in [0.5, 0.6) is 0 Å². The molecule has 10 heteroatoms. The number of piperazine rings is 1. The highest BCUT2D eigenvalue weighted by molar-refractivity contribution is 7.98. The molecular weight excluding hydrogens is 376 g/mol. The van der Waals surface area contributed by atoms with Gasteiger partial charge in [0.2, 0.25) is 15.9 Å². The number of urea groups is 1. The Bertz CT molecular complexity index is 719. The number of carbonyl (C=O) groups excluding carboxylic acids is 2. The Morgan fingerprint density at radius 2 is 1.81 bits per heavy atom. The highest BCUT2D eigenvalue weighted by atomic mass is 32.2. The van der Waals surface area contributed by atoms with E-state index in [1.54, 1.807) is 47.0 Å². The average molecular weight is 401 g/mol. The SMILES string of the molecule is CSCCC(NC(N)=O)C(=O)N1CCN(S(=O)(=O)c2ccccc2)CC1. The molecule has 1 unspecified atom stereocenters. The lowest BCUT2D eigenvalue weighted by Crippen LogP contribution is -2.56. The molecule has 3 amide bonds. The van der Waals surface area contributed by atoms with E-state index in [4.69, 9.17) is 5.73 Å². The van der Waals surface area contributed by atoms with Crippen molar-refractivity contribution < 1.29 is 18.0 Å². The number of amides is 3. The number of nitrogens with two attached hydrogens (primary N) is 1. The van der Waals surface area contributed by atoms with Crippen molar-refractivity contribution in [2.45, 2.75) is 17.4 Å². The lowest BCUT2D eigenvalue weighted by Gasteiger charge is -2.35. The molecule has 0 bridgehead atoms. The van der Waals surface area contributed by atoms with Crippen LogP contribution in [0, 0.1) is 0 Å². The molecule has 0 aliphatic carbocycles. The third-order valence-corrected chi connectivity index (χ3v) is 6.71. The Kier molecular flexibility index (Phi) is 7.30. The van der Waals surface area contributed by atoms with Crippen LogP contribution in [0.3, 0.4) is 0 Å². The van der Waals surface area contributed by atoms with Gasteiger partial charge in [0.25, 0.3) is 0 Å². The van der Waals surface area contributed by atoms with Crippen LogP contribution in [-0.2, 0) is 14.8 Å². The quantitative estimate of drug-likeness (QED) is 0.684. The van der Waals surface area contributed by atoms with E-state index in [-0.39, 0.29) is 37.0 Å². The normalized spacial score (nSPS) is 16.9. The van der Waals surface area contributed by atoms with Gasteiger partial charge in [0.15, 0.2) is 0 Å². The van der Waals surface area contributed by atoms with Crippen molar-refractivity contribution >= 4 is 33.7 Å². The van der Waals surface area contributed by atoms with Gasteiger partial charge in [-0.1, -0.05) is 18.2 Å². The second kappa shape index (κ2) is 9.24. The zero-order valence-electron chi connectivity index (χ0n) is 14.6. The third kappa shape index (κ3) is 5.12. The van der Waals surface area contributed by atoms with Gasteiger partial charge in [-0.15, -0.1) is 0 Å². The summed E-state index contributed by atoms with van der Waals surface area (Å²) in [4.78, 5) is 25.6. The minimum Gasteiger partial charge on any atom is -0.352 e. The van der Waals surface area contributed by atoms with Gasteiger partial charge < -0.3 is 16.0 Å². The maximum absolute atomic E-state index is 12.6. The number of benzene rings is 1. The predicted octanol–water partition coefficient (Wildman–Crippen LogP) is 0.310. The number of carbonyl (C=O) groups is 2. The van der Waals surface area contributed by atoms with E-state index in [2.05, 4.69) is 5.32 Å². The Balaban J connectivity index is 2.00. The molecule has 8 nitrogen and oxygen atoms in total. The first-order valence-electron chi connectivity index (χ1n) is 8.25. The van der Waals surface area contributed by atoms with E-state index in [0.717, 1.165) is 0 Å². The zero-order valence-corrected chi connectivity index (χ0v) is 16.3. The predicted molar refractivity (Wildman–Crippen MR) is 101 cm³/mol. The van der Waals surface area contributed by atoms with Crippen LogP contribution in [0.15, 0.2) is 35.2 Å². The van der Waals surface area contributed by atoms with Crippen molar-refractivity contribution in [1.29, 1.82) is 0 Å². The van der Waals surface area contributed by atoms with E-state index in [9.17, 15) is 18.0 Å². The molecule has 1 saturated heterocycles. The van der Waals surface area contributed by atoms with Crippen LogP contribution < -0.4 is 11.1 Å². The lowest BCUT2D eigenvalue weighted by atomic mass is 10.2. The van der Waals surface area contributed by atoms with Gasteiger partial charge in [-0.2, -0.15) is 16.1 Å². The highest BCUT2D eigenvalue weighted by Gasteiger charge is 2.32. The van der Waals surface area contributed by atoms with E-state index >= 15 is 0 Å². The van der Waals surface area contributed by atoms with E-state index in [0.29, 0.717) is 12.2 Å². The van der Waals surface area contributed by atoms with E-state index < -0.39 is 22.1 Å². The molecular formula is C16H24N4O4S2. The molecule has 1 aromatic rings. The summed E-state index contributed by atoms with van der Waals surface area (Å²) >= 11 is 1.57. The molecule has 0 aromatic heterocycles. The van der Waals surface area contributed by atoms with E-state index in [1.165, 1.54) is 4.31 Å². The van der Waals surface area contributed by atoms with Gasteiger partial charge >= 0.3 is 6.03 Å². The largest absolute Gasteiger partial charge is 0.352 e. The topological polar surface area (TPSA) is 113 Å². The molecule has 26 heavy (non-hydrogen) atoms. The second-order valence-corrected chi connectivity index (χ2v) is 8.81. The summed E-state index contributed by atoms with van der Waals surface area (Å²) in [6.45, 7) is 0.992. The molecule has 1 atom stereocenters. The van der Waals surface area contributed by atoms with Crippen LogP contribution >= 0.6 is 11.8 Å². The average Bonchev–Trinajstić information content (AvgIpc) is 2.65. The number of hydrogen-bond donors (Lipinski definition) is 2. The number of nitrogens with one attached hydrogen (secondary N) is 1. The van der Waals surface area contributed by atoms with Crippen molar-refractivity contribution in [1.82, 2.24) is 14.5 Å². The molecule has 1 aromatic carbocycles. The Hall–Kier alpha value is -1.78. The van der Waals surface area contributed by atoms with Crippen LogP contribution in [0.25, 0.3) is 0 Å². The molecule has 0 radical (unpaired) electrons. The third-order valence-electron chi connectivity index (χ3n) is 4.16. The summed E-state index contributed by atoms with van der Waals surface area (Å²) in [5, 5.41) is 2.48. The summed E-state index contributed by atoms with van der Waals surface area (Å²) in [6, 6.07) is 6.81. The van der Waals surface area contributed by atoms with Gasteiger partial charge in [0, 0.05) is 26.2 Å². The maximum atomic E-state index is 12.6. The maximum Gasteiger partial charge on any atom is 0.312 e. The number of nitrogens with zero attached hydrogens (tertiary/aromatic N) is 2. The molecule has 3 N–H and O–H groups in total. The van der Waals surface area contributed by atoms with Gasteiger partial charge in [-0.25, -0.2) is 13.2 Å². The number of rotatable bonds is 7. The minimum atomic E-state index is -3.56. The molecule has 2 rings (SSSR count). The summed E-state index contributed by atoms with van der Waals surface area (Å²) in [6.07, 6.45) is 2.39. The highest BCUT2D eigenvalue weighted by Crippen LogP contribution is 2.18. The van der Waals surface area contributed by atoms with Crippen molar-refractivity contribution in [3.63, 3.8) is 0 Å². The first kappa shape index (κ1) is 20.5. The minimum absolute atomic E-state index is 0.217. The number of primary amides is 1. The standard InChI is InChI=1S/C16H24N4O4S2/c1-25-12-7-14(18-16(17)22)15(21)19-8-10-20(11-9-19)26(23,24)13-5-3-2-4-6-13/h2-6,14H,7-12H2,1H3,(H3,17,18,22). The Labute approximate surface area is 158 Å². The smallest absolute Gasteiger partial charge is 0.312 e. The summed E-state index contributed by atoms with van der Waals surface area (Å²) in [5.41, 5.74) is 5.16. The monoisotopic (exact) mass is 400 g/mol. The zero-order chi connectivity index (χ0) is 19.2. The van der Waals surface area contributed by atoms with E-state index in [1.807, 2.05) is 6.26 Å². The Morgan fingerprint density at radius 3 is 2.35 bits per heavy atom. The lowest BCUT2D eigenvalue weighted by molar-refractivity contribution is -0.134. The molecule has 1 heterocycles. The number of thioether (sulfide) groups is 1. The van der Waals surface area contributed by atoms with Crippen LogP contribution in [-0.4, -0.2) is 73.8 Å². The van der Waals surface area contributed by atoms with Crippen molar-refractivity contribution in [3.8, 4) is 0 Å². The summed E-state index contributed by atoms with van der Waals surface area (Å²) in [5.74, 6) is 0.480. The fourth-order valence-electron chi connectivity index (χ4n) is 2.78. The first-order valence-corrected chi connectivity index (χ1v) is 11.1. The Morgan fingerprint density at radius 1 is 1.19 bits per heavy atom. The van der Waals surface area contributed by atoms with Gasteiger partial charge in [0.1, 0.15) is 6.04 Å². The van der Waals surface area contributed by atoms with Crippen molar-refractivity contribution in [3.05, 3.63) is 30.3 Å². The molecule has 1 aliphatic heterocycles. The molecule has 1 aliphatic rings. The fraction of sp³-hybridized carbons (Fsp3) is 0.500. The molecule has 0 saturated carbocycles. The number of sulfonamides is 1. The van der Waals surface area contributed by atoms with Crippen LogP contribution in [0.1, 0.15) is 6.42 Å². The van der Waals surface area contributed by atoms with Crippen molar-refractivity contribution in [2.24, 2.45) is 5.73 Å². The van der Waals surface area contributed by atoms with Gasteiger partial charge in [-0.05, 0) is 30.6 Å². The van der Waals surface area contributed by atoms with Gasteiger partial charge in [0.05, 0.1) is 4.90 Å².